The molecule has 1 aliphatic rings. The highest BCUT2D eigenvalue weighted by molar-refractivity contribution is 5.94. The van der Waals surface area contributed by atoms with E-state index in [9.17, 15) is 4.79 Å². The molecule has 0 saturated carbocycles. The molecular weight excluding hydrogens is 418 g/mol. The maximum Gasteiger partial charge on any atom is 0.338 e. The zero-order chi connectivity index (χ0) is 23.4. The summed E-state index contributed by atoms with van der Waals surface area (Å²) < 4.78 is 19.3. The molecule has 33 heavy (non-hydrogen) atoms. The molecule has 2 aromatic carbocycles. The summed E-state index contributed by atoms with van der Waals surface area (Å²) in [5, 5.41) is 3.42. The summed E-state index contributed by atoms with van der Waals surface area (Å²) in [6, 6.07) is 13.4. The molecule has 7 nitrogen and oxygen atoms in total. The molecule has 0 bridgehead atoms. The second-order valence-electron chi connectivity index (χ2n) is 7.76. The minimum Gasteiger partial charge on any atom is -0.490 e. The molecule has 0 fully saturated rings. The number of fused-ring (bicyclic) bond motifs is 3. The van der Waals surface area contributed by atoms with Crippen molar-refractivity contribution in [1.29, 1.82) is 0 Å². The van der Waals surface area contributed by atoms with Crippen LogP contribution in [0, 0.1) is 0 Å². The first-order chi connectivity index (χ1) is 16.1. The Balaban J connectivity index is 1.97. The lowest BCUT2D eigenvalue weighted by Gasteiger charge is -2.31. The number of imidazole rings is 1. The van der Waals surface area contributed by atoms with Crippen molar-refractivity contribution in [3.8, 4) is 11.5 Å². The Bertz CT molecular complexity index is 1180. The van der Waals surface area contributed by atoms with Gasteiger partial charge in [0.1, 0.15) is 0 Å². The van der Waals surface area contributed by atoms with Gasteiger partial charge in [0.2, 0.25) is 5.95 Å². The van der Waals surface area contributed by atoms with E-state index in [1.807, 2.05) is 63.2 Å². The van der Waals surface area contributed by atoms with E-state index in [2.05, 4.69) is 16.8 Å². The Kier molecular flexibility index (Phi) is 6.87. The van der Waals surface area contributed by atoms with Gasteiger partial charge < -0.3 is 19.5 Å². The van der Waals surface area contributed by atoms with Gasteiger partial charge in [0, 0.05) is 5.70 Å². The average molecular weight is 450 g/mol. The van der Waals surface area contributed by atoms with Crippen LogP contribution in [0.15, 0.2) is 53.7 Å². The van der Waals surface area contributed by atoms with E-state index < -0.39 is 6.04 Å². The Morgan fingerprint density at radius 2 is 1.76 bits per heavy atom. The lowest BCUT2D eigenvalue weighted by Crippen LogP contribution is -2.29. The number of hydrogen-bond acceptors (Lipinski definition) is 6. The molecule has 7 heteroatoms. The van der Waals surface area contributed by atoms with E-state index in [4.69, 9.17) is 19.2 Å². The van der Waals surface area contributed by atoms with Gasteiger partial charge in [0.15, 0.2) is 11.5 Å². The monoisotopic (exact) mass is 449 g/mol. The number of nitrogens with one attached hydrogen (secondary N) is 1. The molecule has 1 N–H and O–H groups in total. The number of aromatic nitrogens is 2. The number of nitrogens with zero attached hydrogens (tertiary/aromatic N) is 2. The molecule has 0 unspecified atom stereocenters. The predicted molar refractivity (Wildman–Crippen MR) is 129 cm³/mol. The molecule has 0 aliphatic carbocycles. The molecule has 174 valence electrons. The Hall–Kier alpha value is -3.48. The number of rotatable bonds is 9. The standard InChI is InChI=1S/C26H31N3O4/c1-5-11-19-23(25(30)33-8-4)24(17-14-15-21(31-6-2)22(16-17)32-7-3)29-20-13-10-9-12-18(20)27-26(29)28-19/h9-10,12-16,24H,5-8,11H2,1-4H3,(H,27,28)/t24-/m1/s1. The number of esters is 1. The third-order valence-electron chi connectivity index (χ3n) is 5.59. The van der Waals surface area contributed by atoms with Gasteiger partial charge in [-0.3, -0.25) is 4.57 Å². The Labute approximate surface area is 194 Å². The molecule has 1 aromatic heterocycles. The van der Waals surface area contributed by atoms with Crippen LogP contribution in [0.5, 0.6) is 11.5 Å². The molecule has 4 rings (SSSR count). The molecule has 0 amide bonds. The van der Waals surface area contributed by atoms with Crippen LogP contribution >= 0.6 is 0 Å². The van der Waals surface area contributed by atoms with E-state index in [1.54, 1.807) is 0 Å². The van der Waals surface area contributed by atoms with Gasteiger partial charge in [0.25, 0.3) is 0 Å². The van der Waals surface area contributed by atoms with Gasteiger partial charge in [-0.25, -0.2) is 9.78 Å². The van der Waals surface area contributed by atoms with Crippen molar-refractivity contribution in [2.75, 3.05) is 25.1 Å². The summed E-state index contributed by atoms with van der Waals surface area (Å²) in [7, 11) is 0. The first kappa shape index (κ1) is 22.7. The molecule has 1 aliphatic heterocycles. The third-order valence-corrected chi connectivity index (χ3v) is 5.59. The number of carbonyl (C=O) groups excluding carboxylic acids is 1. The fraction of sp³-hybridized carbons (Fsp3) is 0.385. The average Bonchev–Trinajstić information content (AvgIpc) is 3.18. The maximum atomic E-state index is 13.3. The summed E-state index contributed by atoms with van der Waals surface area (Å²) in [6.45, 7) is 9.16. The molecule has 0 radical (unpaired) electrons. The summed E-state index contributed by atoms with van der Waals surface area (Å²) in [5.74, 6) is 1.73. The molecular formula is C26H31N3O4. The first-order valence-corrected chi connectivity index (χ1v) is 11.7. The van der Waals surface area contributed by atoms with Crippen LogP contribution in [0.4, 0.5) is 5.95 Å². The number of ether oxygens (including phenoxy) is 3. The number of carbonyl (C=O) groups is 1. The van der Waals surface area contributed by atoms with E-state index >= 15 is 0 Å². The lowest BCUT2D eigenvalue weighted by molar-refractivity contribution is -0.139. The van der Waals surface area contributed by atoms with Gasteiger partial charge in [-0.2, -0.15) is 0 Å². The minimum atomic E-state index is -0.413. The van der Waals surface area contributed by atoms with Crippen LogP contribution in [0.2, 0.25) is 0 Å². The smallest absolute Gasteiger partial charge is 0.338 e. The van der Waals surface area contributed by atoms with Crippen molar-refractivity contribution >= 4 is 23.0 Å². The van der Waals surface area contributed by atoms with Crippen molar-refractivity contribution in [3.05, 3.63) is 59.3 Å². The van der Waals surface area contributed by atoms with Gasteiger partial charge in [-0.1, -0.05) is 31.5 Å². The number of hydrogen-bond donors (Lipinski definition) is 1. The molecule has 0 saturated heterocycles. The highest BCUT2D eigenvalue weighted by atomic mass is 16.5. The quantitative estimate of drug-likeness (QED) is 0.437. The number of para-hydroxylation sites is 2. The molecule has 0 spiro atoms. The van der Waals surface area contributed by atoms with Crippen LogP contribution in [-0.2, 0) is 9.53 Å². The first-order valence-electron chi connectivity index (χ1n) is 11.7. The summed E-state index contributed by atoms with van der Waals surface area (Å²) in [5.41, 5.74) is 4.15. The molecule has 1 atom stereocenters. The maximum absolute atomic E-state index is 13.3. The predicted octanol–water partition coefficient (Wildman–Crippen LogP) is 5.47. The topological polar surface area (TPSA) is 74.6 Å². The van der Waals surface area contributed by atoms with Gasteiger partial charge in [-0.15, -0.1) is 0 Å². The van der Waals surface area contributed by atoms with Gasteiger partial charge in [-0.05, 0) is 57.0 Å². The van der Waals surface area contributed by atoms with Crippen LogP contribution in [0.3, 0.4) is 0 Å². The fourth-order valence-electron chi connectivity index (χ4n) is 4.33. The minimum absolute atomic E-state index is 0.305. The zero-order valence-electron chi connectivity index (χ0n) is 19.7. The van der Waals surface area contributed by atoms with Crippen molar-refractivity contribution in [3.63, 3.8) is 0 Å². The fourth-order valence-corrected chi connectivity index (χ4v) is 4.33. The summed E-state index contributed by atoms with van der Waals surface area (Å²) in [4.78, 5) is 18.1. The van der Waals surface area contributed by atoms with E-state index in [-0.39, 0.29) is 5.97 Å². The van der Waals surface area contributed by atoms with Gasteiger partial charge >= 0.3 is 5.97 Å². The number of anilines is 1. The highest BCUT2D eigenvalue weighted by Crippen LogP contribution is 2.42. The zero-order valence-corrected chi connectivity index (χ0v) is 19.7. The Morgan fingerprint density at radius 3 is 2.48 bits per heavy atom. The molecule has 3 aromatic rings. The van der Waals surface area contributed by atoms with Crippen LogP contribution in [0.25, 0.3) is 11.0 Å². The van der Waals surface area contributed by atoms with Crippen molar-refractivity contribution < 1.29 is 19.0 Å². The lowest BCUT2D eigenvalue weighted by atomic mass is 9.93. The van der Waals surface area contributed by atoms with Crippen molar-refractivity contribution in [2.24, 2.45) is 0 Å². The normalized spacial score (nSPS) is 15.2. The highest BCUT2D eigenvalue weighted by Gasteiger charge is 2.36. The van der Waals surface area contributed by atoms with Crippen molar-refractivity contribution in [1.82, 2.24) is 9.55 Å². The SMILES string of the molecule is CCCC1=C(C(=O)OCC)[C@@H](c2ccc(OCC)c(OCC)c2)n2c(nc3ccccc32)N1. The van der Waals surface area contributed by atoms with Crippen LogP contribution in [0.1, 0.15) is 52.1 Å². The summed E-state index contributed by atoms with van der Waals surface area (Å²) >= 11 is 0. The third kappa shape index (κ3) is 4.27. The second kappa shape index (κ2) is 9.98. The van der Waals surface area contributed by atoms with E-state index in [0.717, 1.165) is 28.7 Å². The van der Waals surface area contributed by atoms with Crippen molar-refractivity contribution in [2.45, 2.75) is 46.6 Å². The summed E-state index contributed by atoms with van der Waals surface area (Å²) in [6.07, 6.45) is 1.59. The second-order valence-corrected chi connectivity index (χ2v) is 7.76. The Morgan fingerprint density at radius 1 is 1.00 bits per heavy atom. The molecule has 2 heterocycles. The number of benzene rings is 2. The van der Waals surface area contributed by atoms with E-state index in [1.165, 1.54) is 0 Å². The van der Waals surface area contributed by atoms with E-state index in [0.29, 0.717) is 49.3 Å². The number of allylic oxidation sites excluding steroid dienone is 1. The van der Waals surface area contributed by atoms with Crippen LogP contribution < -0.4 is 14.8 Å². The largest absolute Gasteiger partial charge is 0.490 e. The van der Waals surface area contributed by atoms with Gasteiger partial charge in [0.05, 0.1) is 42.5 Å². The van der Waals surface area contributed by atoms with Crippen LogP contribution in [-0.4, -0.2) is 35.3 Å².